The minimum Gasteiger partial charge on any atom is -0.505 e. The van der Waals surface area contributed by atoms with Crippen molar-refractivity contribution in [3.63, 3.8) is 0 Å². The number of halogens is 1. The Morgan fingerprint density at radius 1 is 1.21 bits per heavy atom. The Morgan fingerprint density at radius 2 is 1.97 bits per heavy atom. The molecule has 4 atom stereocenters. The number of rotatable bonds is 8. The monoisotopic (exact) mass is 539 g/mol. The van der Waals surface area contributed by atoms with Gasteiger partial charge in [-0.15, -0.1) is 0 Å². The number of carbonyl (C=O) groups is 2. The Balaban J connectivity index is 1.40. The van der Waals surface area contributed by atoms with Gasteiger partial charge in [-0.3, -0.25) is 14.5 Å². The number of amides is 2. The summed E-state index contributed by atoms with van der Waals surface area (Å²) in [5, 5.41) is 20.3. The van der Waals surface area contributed by atoms with Crippen LogP contribution in [0.25, 0.3) is 6.08 Å². The van der Waals surface area contributed by atoms with Gasteiger partial charge < -0.3 is 19.5 Å². The predicted octanol–water partition coefficient (Wildman–Crippen LogP) is 4.88. The molecular weight excluding hydrogens is 500 g/mol. The summed E-state index contributed by atoms with van der Waals surface area (Å²) in [6.45, 7) is 2.39. The summed E-state index contributed by atoms with van der Waals surface area (Å²) >= 11 is 0. The van der Waals surface area contributed by atoms with Crippen LogP contribution in [0, 0.1) is 23.6 Å². The highest BCUT2D eigenvalue weighted by molar-refractivity contribution is 6.43. The van der Waals surface area contributed by atoms with Crippen molar-refractivity contribution in [3.05, 3.63) is 46.3 Å². The lowest BCUT2D eigenvalue weighted by atomic mass is 9.58. The molecule has 39 heavy (non-hydrogen) atoms. The fourth-order valence-corrected chi connectivity index (χ4v) is 7.31. The van der Waals surface area contributed by atoms with E-state index in [2.05, 4.69) is 0 Å². The van der Waals surface area contributed by atoms with Crippen molar-refractivity contribution in [2.24, 2.45) is 17.8 Å². The summed E-state index contributed by atoms with van der Waals surface area (Å²) in [4.78, 5) is 29.0. The fraction of sp³-hybridized carbons (Fsp3) is 0.600. The van der Waals surface area contributed by atoms with Gasteiger partial charge in [0.2, 0.25) is 11.8 Å². The molecule has 2 saturated heterocycles. The molecule has 3 fully saturated rings. The van der Waals surface area contributed by atoms with Gasteiger partial charge >= 0.3 is 7.12 Å². The van der Waals surface area contributed by atoms with Gasteiger partial charge in [-0.1, -0.05) is 43.9 Å². The van der Waals surface area contributed by atoms with Crippen LogP contribution in [-0.4, -0.2) is 59.8 Å². The topological polar surface area (TPSA) is 96.3 Å². The molecule has 2 aliphatic heterocycles. The van der Waals surface area contributed by atoms with Crippen molar-refractivity contribution in [3.8, 4) is 5.75 Å². The van der Waals surface area contributed by atoms with Crippen molar-refractivity contribution >= 4 is 25.0 Å². The number of carbonyl (C=O) groups excluding carboxylic acids is 2. The number of likely N-dealkylation sites (tertiary alicyclic amines) is 1. The molecule has 0 aromatic heterocycles. The summed E-state index contributed by atoms with van der Waals surface area (Å²) < 4.78 is 25.5. The number of methoxy groups -OCH3 is 1. The highest BCUT2D eigenvalue weighted by Crippen LogP contribution is 2.51. The number of phenols is 1. The Morgan fingerprint density at radius 3 is 2.67 bits per heavy atom. The van der Waals surface area contributed by atoms with Gasteiger partial charge in [-0.05, 0) is 79.6 Å². The first kappa shape index (κ1) is 28.1. The van der Waals surface area contributed by atoms with Crippen molar-refractivity contribution < 1.29 is 33.5 Å². The zero-order chi connectivity index (χ0) is 27.7. The van der Waals surface area contributed by atoms with Gasteiger partial charge in [0.25, 0.3) is 0 Å². The van der Waals surface area contributed by atoms with E-state index in [1.54, 1.807) is 18.1 Å². The minimum atomic E-state index is -1.02. The molecule has 1 aromatic carbocycles. The van der Waals surface area contributed by atoms with E-state index in [9.17, 15) is 24.1 Å². The summed E-state index contributed by atoms with van der Waals surface area (Å²) in [6.07, 6.45) is 9.26. The number of allylic oxidation sites excluding steroid dienone is 1. The first-order valence-corrected chi connectivity index (χ1v) is 14.4. The zero-order valence-electron chi connectivity index (χ0n) is 22.9. The van der Waals surface area contributed by atoms with E-state index < -0.39 is 30.9 Å². The number of hydrogen-bond donors (Lipinski definition) is 2. The molecule has 0 unspecified atom stereocenters. The number of ether oxygens (including phenoxy) is 1. The minimum absolute atomic E-state index is 0.0128. The summed E-state index contributed by atoms with van der Waals surface area (Å²) in [7, 11) is 0.616. The van der Waals surface area contributed by atoms with E-state index in [1.807, 2.05) is 13.0 Å². The molecule has 0 bridgehead atoms. The first-order chi connectivity index (χ1) is 18.8. The fourth-order valence-electron chi connectivity index (χ4n) is 7.31. The molecule has 210 valence electrons. The van der Waals surface area contributed by atoms with E-state index in [1.165, 1.54) is 12.1 Å². The molecule has 2 aliphatic carbocycles. The second-order valence-corrected chi connectivity index (χ2v) is 11.5. The van der Waals surface area contributed by atoms with Gasteiger partial charge in [0, 0.05) is 13.2 Å². The van der Waals surface area contributed by atoms with Gasteiger partial charge in [-0.2, -0.15) is 0 Å². The summed E-state index contributed by atoms with van der Waals surface area (Å²) in [5.41, 5.74) is 3.77. The van der Waals surface area contributed by atoms with Crippen LogP contribution in [0.3, 0.4) is 0 Å². The maximum Gasteiger partial charge on any atom is 0.455 e. The van der Waals surface area contributed by atoms with E-state index in [0.717, 1.165) is 55.2 Å². The third-order valence-corrected chi connectivity index (χ3v) is 9.12. The highest BCUT2D eigenvalue weighted by atomic mass is 19.1. The van der Waals surface area contributed by atoms with Gasteiger partial charge in [0.1, 0.15) is 0 Å². The Kier molecular flexibility index (Phi) is 8.59. The quantitative estimate of drug-likeness (QED) is 0.278. The molecule has 0 radical (unpaired) electrons. The molecule has 7 nitrogen and oxygen atoms in total. The molecule has 2 amide bonds. The maximum absolute atomic E-state index is 13.9. The number of imide groups is 1. The van der Waals surface area contributed by atoms with Crippen LogP contribution < -0.4 is 0 Å². The lowest BCUT2D eigenvalue weighted by Gasteiger charge is -2.43. The number of nitrogens with zero attached hydrogens (tertiary/aromatic N) is 1. The smallest absolute Gasteiger partial charge is 0.455 e. The van der Waals surface area contributed by atoms with Crippen LogP contribution in [0.2, 0.25) is 6.32 Å². The van der Waals surface area contributed by atoms with Crippen LogP contribution in [0.4, 0.5) is 4.39 Å². The molecule has 2 N–H and O–H groups in total. The average molecular weight is 539 g/mol. The number of hydrogen-bond acceptors (Lipinski definition) is 6. The molecule has 9 heteroatoms. The van der Waals surface area contributed by atoms with E-state index in [4.69, 9.17) is 9.39 Å². The Hall–Kier alpha value is -2.49. The molecule has 1 aromatic rings. The molecule has 1 saturated carbocycles. The number of phenolic OH excluding ortho intramolecular Hbond substituents is 1. The first-order valence-electron chi connectivity index (χ1n) is 14.4. The van der Waals surface area contributed by atoms with E-state index in [0.29, 0.717) is 37.8 Å². The van der Waals surface area contributed by atoms with Crippen LogP contribution in [0.1, 0.15) is 70.3 Å². The second kappa shape index (κ2) is 11.9. The zero-order valence-corrected chi connectivity index (χ0v) is 22.9. The predicted molar refractivity (Wildman–Crippen MR) is 146 cm³/mol. The number of aromatic hydroxyl groups is 1. The average Bonchev–Trinajstić information content (AvgIpc) is 3.18. The van der Waals surface area contributed by atoms with Crippen LogP contribution in [0.5, 0.6) is 5.75 Å². The maximum atomic E-state index is 13.9. The summed E-state index contributed by atoms with van der Waals surface area (Å²) in [6, 6.07) is 4.31. The molecule has 0 spiro atoms. The Labute approximate surface area is 230 Å². The largest absolute Gasteiger partial charge is 0.505 e. The normalized spacial score (nSPS) is 28.3. The van der Waals surface area contributed by atoms with Crippen molar-refractivity contribution in [1.29, 1.82) is 0 Å². The van der Waals surface area contributed by atoms with Crippen molar-refractivity contribution in [1.82, 2.24) is 4.90 Å². The van der Waals surface area contributed by atoms with Crippen molar-refractivity contribution in [2.45, 2.75) is 83.2 Å². The third-order valence-electron chi connectivity index (χ3n) is 9.12. The summed E-state index contributed by atoms with van der Waals surface area (Å²) in [5.74, 6) is -2.29. The van der Waals surface area contributed by atoms with Crippen molar-refractivity contribution in [2.75, 3.05) is 13.7 Å². The van der Waals surface area contributed by atoms with Crippen LogP contribution in [-0.2, 0) is 19.0 Å². The molecule has 2 heterocycles. The molecule has 5 rings (SSSR count). The third kappa shape index (κ3) is 5.58. The lowest BCUT2D eigenvalue weighted by molar-refractivity contribution is -0.143. The second-order valence-electron chi connectivity index (χ2n) is 11.5. The van der Waals surface area contributed by atoms with Crippen LogP contribution in [0.15, 0.2) is 34.9 Å². The Bertz CT molecular complexity index is 1160. The van der Waals surface area contributed by atoms with E-state index >= 15 is 0 Å². The number of fused-ring (bicyclic) bond motifs is 3. The van der Waals surface area contributed by atoms with E-state index in [-0.39, 0.29) is 29.5 Å². The van der Waals surface area contributed by atoms with Gasteiger partial charge in [0.05, 0.1) is 24.5 Å². The molecular formula is C30H39BFNO6. The van der Waals surface area contributed by atoms with Gasteiger partial charge in [0.15, 0.2) is 11.6 Å². The SMILES string of the molecule is CC/C(=C\c1ccc(O)c(F)c1)CC[C@H]1OB(O)C[C@H]2C1=C(COC)C[C@H]1C(=O)N(C3CCCCC3)C(=O)[C@H]12. The molecule has 4 aliphatic rings. The van der Waals surface area contributed by atoms with Gasteiger partial charge in [-0.25, -0.2) is 4.39 Å². The lowest BCUT2D eigenvalue weighted by Crippen LogP contribution is -2.47. The highest BCUT2D eigenvalue weighted by Gasteiger charge is 2.58. The van der Waals surface area contributed by atoms with Crippen LogP contribution >= 0.6 is 0 Å². The number of benzene rings is 1. The standard InChI is InChI=1S/C30H39BFNO6/c1-3-18(13-19-9-11-25(34)24(32)14-19)10-12-26-27-20(17-38-2)15-22-28(23(27)16-31(37)39-26)30(36)33(29(22)35)21-7-5-4-6-8-21/h9,11,13-14,21-23,26,28,34,37H,3-8,10,12,15-17H2,1-2H3/b18-13+/t22-,23+,26-,28-/m1/s1.